The number of pyridine rings is 1. The molecule has 0 spiro atoms. The fourth-order valence-corrected chi connectivity index (χ4v) is 3.99. The summed E-state index contributed by atoms with van der Waals surface area (Å²) in [5.41, 5.74) is 0.390. The number of halogens is 1. The first-order chi connectivity index (χ1) is 14.4. The Morgan fingerprint density at radius 2 is 1.90 bits per heavy atom. The fraction of sp³-hybridized carbons (Fsp3) is 0.227. The van der Waals surface area contributed by atoms with Crippen LogP contribution in [0, 0.1) is 5.82 Å². The number of aromatic nitrogens is 1. The van der Waals surface area contributed by atoms with Gasteiger partial charge >= 0.3 is 5.97 Å². The molecule has 1 aliphatic heterocycles. The van der Waals surface area contributed by atoms with Crippen molar-refractivity contribution in [3.8, 4) is 0 Å². The zero-order chi connectivity index (χ0) is 21.0. The molecule has 8 heteroatoms. The number of carboxylic acids is 1. The van der Waals surface area contributed by atoms with Crippen LogP contribution in [0.5, 0.6) is 0 Å². The summed E-state index contributed by atoms with van der Waals surface area (Å²) in [7, 11) is 0. The minimum absolute atomic E-state index is 0.0136. The van der Waals surface area contributed by atoms with Crippen LogP contribution in [0.4, 0.5) is 15.8 Å². The van der Waals surface area contributed by atoms with Crippen LogP contribution < -0.4 is 16.1 Å². The quantitative estimate of drug-likeness (QED) is 0.617. The summed E-state index contributed by atoms with van der Waals surface area (Å²) in [5, 5.41) is 15.1. The molecule has 152 valence electrons. The summed E-state index contributed by atoms with van der Waals surface area (Å²) in [6.07, 6.45) is 3.31. The van der Waals surface area contributed by atoms with Crippen LogP contribution in [-0.2, 0) is 11.2 Å². The molecule has 0 saturated heterocycles. The summed E-state index contributed by atoms with van der Waals surface area (Å²) >= 11 is 0. The van der Waals surface area contributed by atoms with E-state index in [1.807, 2.05) is 30.3 Å². The first kappa shape index (κ1) is 18.4. The molecule has 0 bridgehead atoms. The number of amides is 1. The van der Waals surface area contributed by atoms with Crippen molar-refractivity contribution in [1.82, 2.24) is 4.57 Å². The Morgan fingerprint density at radius 1 is 1.17 bits per heavy atom. The fourth-order valence-electron chi connectivity index (χ4n) is 3.99. The maximum Gasteiger partial charge on any atom is 0.341 e. The molecule has 7 nitrogen and oxygen atoms in total. The molecule has 5 rings (SSSR count). The van der Waals surface area contributed by atoms with Crippen molar-refractivity contribution in [1.29, 1.82) is 0 Å². The zero-order valence-electron chi connectivity index (χ0n) is 15.8. The molecule has 1 aromatic heterocycles. The van der Waals surface area contributed by atoms with E-state index in [-0.39, 0.29) is 28.7 Å². The lowest BCUT2D eigenvalue weighted by Crippen LogP contribution is -2.41. The summed E-state index contributed by atoms with van der Waals surface area (Å²) in [5.74, 6) is -2.41. The number of anilines is 2. The molecule has 1 saturated carbocycles. The highest BCUT2D eigenvalue weighted by Gasteiger charge is 2.34. The van der Waals surface area contributed by atoms with E-state index in [1.165, 1.54) is 6.20 Å². The van der Waals surface area contributed by atoms with Crippen LogP contribution in [-0.4, -0.2) is 27.6 Å². The van der Waals surface area contributed by atoms with Gasteiger partial charge in [0.05, 0.1) is 22.3 Å². The van der Waals surface area contributed by atoms with E-state index < -0.39 is 28.8 Å². The second-order valence-electron chi connectivity index (χ2n) is 7.70. The van der Waals surface area contributed by atoms with E-state index in [1.54, 1.807) is 4.57 Å². The van der Waals surface area contributed by atoms with Crippen molar-refractivity contribution in [2.75, 3.05) is 10.6 Å². The molecule has 1 atom stereocenters. The van der Waals surface area contributed by atoms with Gasteiger partial charge in [0.15, 0.2) is 0 Å². The predicted molar refractivity (Wildman–Crippen MR) is 110 cm³/mol. The summed E-state index contributed by atoms with van der Waals surface area (Å²) < 4.78 is 16.7. The van der Waals surface area contributed by atoms with Gasteiger partial charge in [0, 0.05) is 18.7 Å². The number of hydrogen-bond acceptors (Lipinski definition) is 4. The molecule has 3 aromatic rings. The topological polar surface area (TPSA) is 100 Å². The first-order valence-electron chi connectivity index (χ1n) is 9.70. The second kappa shape index (κ2) is 6.69. The van der Waals surface area contributed by atoms with Gasteiger partial charge in [-0.1, -0.05) is 30.3 Å². The van der Waals surface area contributed by atoms with Gasteiger partial charge in [0.2, 0.25) is 11.3 Å². The highest BCUT2D eigenvalue weighted by Crippen LogP contribution is 2.42. The summed E-state index contributed by atoms with van der Waals surface area (Å²) in [4.78, 5) is 37.0. The highest BCUT2D eigenvalue weighted by molar-refractivity contribution is 6.12. The molecule has 1 unspecified atom stereocenters. The minimum Gasteiger partial charge on any atom is -0.477 e. The number of rotatable bonds is 4. The van der Waals surface area contributed by atoms with Gasteiger partial charge in [-0.2, -0.15) is 0 Å². The largest absolute Gasteiger partial charge is 0.477 e. The number of hydrogen-bond donors (Lipinski definition) is 3. The number of carbonyl (C=O) groups excluding carboxylic acids is 1. The molecule has 2 aromatic carbocycles. The number of carboxylic acid groups (broad SMARTS) is 1. The molecule has 0 radical (unpaired) electrons. The van der Waals surface area contributed by atoms with E-state index in [0.29, 0.717) is 11.9 Å². The third kappa shape index (κ3) is 2.92. The lowest BCUT2D eigenvalue weighted by atomic mass is 10.0. The van der Waals surface area contributed by atoms with E-state index >= 15 is 0 Å². The molecule has 1 aliphatic carbocycles. The Balaban J connectivity index is 1.67. The zero-order valence-corrected chi connectivity index (χ0v) is 15.8. The van der Waals surface area contributed by atoms with Crippen molar-refractivity contribution >= 4 is 34.2 Å². The van der Waals surface area contributed by atoms with Crippen molar-refractivity contribution in [3.63, 3.8) is 0 Å². The van der Waals surface area contributed by atoms with Crippen LogP contribution >= 0.6 is 0 Å². The molecule has 2 aliphatic rings. The van der Waals surface area contributed by atoms with Crippen molar-refractivity contribution < 1.29 is 19.1 Å². The number of nitrogens with one attached hydrogen (secondary N) is 2. The smallest absolute Gasteiger partial charge is 0.341 e. The summed E-state index contributed by atoms with van der Waals surface area (Å²) in [6, 6.07) is 9.79. The van der Waals surface area contributed by atoms with E-state index in [4.69, 9.17) is 0 Å². The Kier molecular flexibility index (Phi) is 4.09. The Bertz CT molecular complexity index is 1270. The molecule has 3 N–H and O–H groups in total. The minimum atomic E-state index is -1.36. The van der Waals surface area contributed by atoms with Crippen LogP contribution in [0.25, 0.3) is 10.9 Å². The first-order valence-corrected chi connectivity index (χ1v) is 9.70. The van der Waals surface area contributed by atoms with Crippen molar-refractivity contribution in [2.24, 2.45) is 0 Å². The second-order valence-corrected chi connectivity index (χ2v) is 7.70. The number of fused-ring (bicyclic) bond motifs is 3. The summed E-state index contributed by atoms with van der Waals surface area (Å²) in [6.45, 7) is 0. The van der Waals surface area contributed by atoms with Gasteiger partial charge in [-0.05, 0) is 24.5 Å². The molecule has 2 heterocycles. The van der Waals surface area contributed by atoms with Crippen LogP contribution in [0.3, 0.4) is 0 Å². The van der Waals surface area contributed by atoms with Gasteiger partial charge in [0.25, 0.3) is 0 Å². The van der Waals surface area contributed by atoms with Gasteiger partial charge < -0.3 is 20.3 Å². The van der Waals surface area contributed by atoms with Gasteiger partial charge in [-0.25, -0.2) is 9.18 Å². The lowest BCUT2D eigenvalue weighted by Gasteiger charge is -2.29. The van der Waals surface area contributed by atoms with Gasteiger partial charge in [-0.3, -0.25) is 9.59 Å². The molecule has 1 amide bonds. The Hall–Kier alpha value is -3.68. The molecule has 1 fully saturated rings. The monoisotopic (exact) mass is 407 g/mol. The third-order valence-corrected chi connectivity index (χ3v) is 5.60. The van der Waals surface area contributed by atoms with E-state index in [0.717, 1.165) is 24.5 Å². The Morgan fingerprint density at radius 3 is 2.57 bits per heavy atom. The van der Waals surface area contributed by atoms with Crippen molar-refractivity contribution in [2.45, 2.75) is 31.3 Å². The number of aromatic carboxylic acids is 1. The predicted octanol–water partition coefficient (Wildman–Crippen LogP) is 3.15. The van der Waals surface area contributed by atoms with Crippen LogP contribution in [0.2, 0.25) is 0 Å². The van der Waals surface area contributed by atoms with E-state index in [2.05, 4.69) is 10.6 Å². The molecular formula is C22H18FN3O4. The maximum absolute atomic E-state index is 15.0. The highest BCUT2D eigenvalue weighted by atomic mass is 19.1. The molecule has 30 heavy (non-hydrogen) atoms. The molecular weight excluding hydrogens is 389 g/mol. The third-order valence-electron chi connectivity index (χ3n) is 5.60. The maximum atomic E-state index is 15.0. The van der Waals surface area contributed by atoms with E-state index in [9.17, 15) is 23.9 Å². The van der Waals surface area contributed by atoms with Gasteiger partial charge in [0.1, 0.15) is 17.4 Å². The normalized spacial score (nSPS) is 17.9. The van der Waals surface area contributed by atoms with Crippen molar-refractivity contribution in [3.05, 3.63) is 69.8 Å². The van der Waals surface area contributed by atoms with Crippen LogP contribution in [0.1, 0.15) is 34.8 Å². The number of carbonyl (C=O) groups is 2. The Labute approximate surface area is 170 Å². The average Bonchev–Trinajstić information content (AvgIpc) is 3.56. The number of nitrogens with zero attached hydrogens (tertiary/aromatic N) is 1. The van der Waals surface area contributed by atoms with Gasteiger partial charge in [-0.15, -0.1) is 0 Å². The number of benzene rings is 2. The lowest BCUT2D eigenvalue weighted by molar-refractivity contribution is -0.117. The SMILES string of the molecule is O=C(O)c1cn(C2CC2)c2c3c(c(F)cc2c1=O)NC(Cc1ccccc1)C(=O)N3. The standard InChI is InChI=1S/C22H18FN3O4/c23-15-9-13-19(26(12-6-7-12)10-14(20(13)27)22(29)30)18-17(15)24-16(21(28)25-18)8-11-4-2-1-3-5-11/h1-5,9-10,12,16,24H,6-8H2,(H,25,28)(H,29,30). The average molecular weight is 407 g/mol. The van der Waals surface area contributed by atoms with Crippen LogP contribution in [0.15, 0.2) is 47.4 Å².